The molecule has 0 saturated heterocycles. The first-order valence-electron chi connectivity index (χ1n) is 4.57. The second kappa shape index (κ2) is 3.80. The van der Waals surface area contributed by atoms with Crippen LogP contribution in [0.15, 0.2) is 11.6 Å². The Kier molecular flexibility index (Phi) is 2.98. The summed E-state index contributed by atoms with van der Waals surface area (Å²) >= 11 is 0. The lowest BCUT2D eigenvalue weighted by molar-refractivity contribution is 0.557. The van der Waals surface area contributed by atoms with Gasteiger partial charge in [0.05, 0.1) is 0 Å². The minimum atomic E-state index is 0.905. The van der Waals surface area contributed by atoms with Crippen molar-refractivity contribution in [2.24, 2.45) is 5.92 Å². The van der Waals surface area contributed by atoms with Gasteiger partial charge in [0.2, 0.25) is 0 Å². The molecule has 0 bridgehead atoms. The Morgan fingerprint density at radius 2 is 2.10 bits per heavy atom. The fourth-order valence-corrected chi connectivity index (χ4v) is 1.88. The maximum Gasteiger partial charge on any atom is -0.0208 e. The summed E-state index contributed by atoms with van der Waals surface area (Å²) in [5.41, 5.74) is 1.74. The van der Waals surface area contributed by atoms with Crippen LogP contribution >= 0.6 is 0 Å². The molecule has 0 spiro atoms. The molecule has 0 fully saturated rings. The molecule has 0 N–H and O–H groups in total. The number of rotatable bonds is 3. The van der Waals surface area contributed by atoms with Gasteiger partial charge in [-0.05, 0) is 38.0 Å². The molecule has 58 valence electrons. The van der Waals surface area contributed by atoms with Crippen LogP contribution in [0.25, 0.3) is 0 Å². The molecule has 10 heavy (non-hydrogen) atoms. The third kappa shape index (κ3) is 1.62. The monoisotopic (exact) mass is 138 g/mol. The lowest BCUT2D eigenvalue weighted by atomic mass is 9.93. The van der Waals surface area contributed by atoms with E-state index in [2.05, 4.69) is 19.9 Å². The van der Waals surface area contributed by atoms with Crippen LogP contribution in [0.2, 0.25) is 0 Å². The van der Waals surface area contributed by atoms with Crippen molar-refractivity contribution >= 4 is 0 Å². The van der Waals surface area contributed by atoms with Crippen molar-refractivity contribution in [2.75, 3.05) is 0 Å². The summed E-state index contributed by atoms with van der Waals surface area (Å²) < 4.78 is 0. The Labute approximate surface area is 64.3 Å². The normalized spacial score (nSPS) is 18.1. The first kappa shape index (κ1) is 7.84. The summed E-state index contributed by atoms with van der Waals surface area (Å²) in [6.45, 7) is 4.60. The highest BCUT2D eigenvalue weighted by Gasteiger charge is 2.12. The van der Waals surface area contributed by atoms with Gasteiger partial charge in [-0.1, -0.05) is 25.5 Å². The highest BCUT2D eigenvalue weighted by molar-refractivity contribution is 5.10. The summed E-state index contributed by atoms with van der Waals surface area (Å²) in [6.07, 6.45) is 9.26. The predicted octanol–water partition coefficient (Wildman–Crippen LogP) is 3.53. The zero-order chi connectivity index (χ0) is 7.40. The van der Waals surface area contributed by atoms with E-state index in [1.54, 1.807) is 5.57 Å². The smallest absolute Gasteiger partial charge is 0.0208 e. The number of hydrogen-bond donors (Lipinski definition) is 0. The third-order valence-electron chi connectivity index (χ3n) is 2.59. The van der Waals surface area contributed by atoms with E-state index < -0.39 is 0 Å². The lowest BCUT2D eigenvalue weighted by Gasteiger charge is -2.12. The molecular weight excluding hydrogens is 120 g/mol. The molecule has 1 aliphatic carbocycles. The van der Waals surface area contributed by atoms with Gasteiger partial charge in [0, 0.05) is 0 Å². The van der Waals surface area contributed by atoms with Crippen molar-refractivity contribution in [3.63, 3.8) is 0 Å². The first-order chi connectivity index (χ1) is 4.88. The van der Waals surface area contributed by atoms with E-state index in [0.29, 0.717) is 0 Å². The van der Waals surface area contributed by atoms with Crippen LogP contribution in [0.5, 0.6) is 0 Å². The van der Waals surface area contributed by atoms with Crippen molar-refractivity contribution in [2.45, 2.75) is 46.0 Å². The van der Waals surface area contributed by atoms with Gasteiger partial charge in [0.1, 0.15) is 0 Å². The Morgan fingerprint density at radius 3 is 2.50 bits per heavy atom. The second-order valence-electron chi connectivity index (χ2n) is 3.18. The van der Waals surface area contributed by atoms with Crippen molar-refractivity contribution < 1.29 is 0 Å². The van der Waals surface area contributed by atoms with Crippen LogP contribution in [0, 0.1) is 5.92 Å². The molecule has 0 aromatic carbocycles. The minimum Gasteiger partial charge on any atom is -0.0850 e. The molecule has 0 atom stereocenters. The zero-order valence-electron chi connectivity index (χ0n) is 7.19. The summed E-state index contributed by atoms with van der Waals surface area (Å²) in [7, 11) is 0. The molecule has 0 aromatic rings. The molecule has 0 amide bonds. The third-order valence-corrected chi connectivity index (χ3v) is 2.59. The van der Waals surface area contributed by atoms with Gasteiger partial charge in [-0.15, -0.1) is 0 Å². The molecular formula is C10H18. The molecule has 0 aromatic heterocycles. The topological polar surface area (TPSA) is 0 Å². The van der Waals surface area contributed by atoms with Crippen LogP contribution in [0.3, 0.4) is 0 Å². The lowest BCUT2D eigenvalue weighted by Crippen LogP contribution is -1.98. The van der Waals surface area contributed by atoms with Gasteiger partial charge in [-0.25, -0.2) is 0 Å². The summed E-state index contributed by atoms with van der Waals surface area (Å²) in [6, 6.07) is 0. The van der Waals surface area contributed by atoms with Crippen molar-refractivity contribution in [3.05, 3.63) is 11.6 Å². The highest BCUT2D eigenvalue weighted by Crippen LogP contribution is 2.28. The minimum absolute atomic E-state index is 0.905. The van der Waals surface area contributed by atoms with Crippen LogP contribution in [-0.4, -0.2) is 0 Å². The molecule has 1 aliphatic rings. The Balaban J connectivity index is 2.44. The highest BCUT2D eigenvalue weighted by atomic mass is 14.2. The molecule has 0 unspecified atom stereocenters. The van der Waals surface area contributed by atoms with Gasteiger partial charge in [0.15, 0.2) is 0 Å². The van der Waals surface area contributed by atoms with Gasteiger partial charge in [0.25, 0.3) is 0 Å². The predicted molar refractivity (Wildman–Crippen MR) is 46.0 cm³/mol. The van der Waals surface area contributed by atoms with Gasteiger partial charge >= 0.3 is 0 Å². The Morgan fingerprint density at radius 1 is 1.40 bits per heavy atom. The molecule has 0 saturated carbocycles. The molecule has 0 radical (unpaired) electrons. The van der Waals surface area contributed by atoms with Crippen molar-refractivity contribution in [1.29, 1.82) is 0 Å². The van der Waals surface area contributed by atoms with Gasteiger partial charge in [-0.3, -0.25) is 0 Å². The van der Waals surface area contributed by atoms with E-state index in [-0.39, 0.29) is 0 Å². The zero-order valence-corrected chi connectivity index (χ0v) is 7.19. The fraction of sp³-hybridized carbons (Fsp3) is 0.800. The van der Waals surface area contributed by atoms with E-state index >= 15 is 0 Å². The van der Waals surface area contributed by atoms with Gasteiger partial charge in [-0.2, -0.15) is 0 Å². The molecule has 0 heteroatoms. The average molecular weight is 138 g/mol. The Hall–Kier alpha value is -0.260. The van der Waals surface area contributed by atoms with E-state index in [0.717, 1.165) is 5.92 Å². The maximum absolute atomic E-state index is 2.46. The van der Waals surface area contributed by atoms with E-state index in [1.807, 2.05) is 0 Å². The number of allylic oxidation sites excluding steroid dienone is 2. The van der Waals surface area contributed by atoms with Crippen LogP contribution in [-0.2, 0) is 0 Å². The number of hydrogen-bond acceptors (Lipinski definition) is 0. The summed E-state index contributed by atoms with van der Waals surface area (Å²) in [5, 5.41) is 0. The summed E-state index contributed by atoms with van der Waals surface area (Å²) in [4.78, 5) is 0. The molecule has 1 rings (SSSR count). The average Bonchev–Trinajstić information content (AvgIpc) is 2.43. The molecule has 0 aliphatic heterocycles. The standard InChI is InChI=1S/C10H18/c1-3-9(4-2)10-7-5-6-8-10/h7,9H,3-6,8H2,1-2H3. The van der Waals surface area contributed by atoms with Crippen LogP contribution in [0.1, 0.15) is 46.0 Å². The van der Waals surface area contributed by atoms with Crippen molar-refractivity contribution in [1.82, 2.24) is 0 Å². The molecule has 0 heterocycles. The van der Waals surface area contributed by atoms with E-state index in [1.165, 1.54) is 32.1 Å². The second-order valence-corrected chi connectivity index (χ2v) is 3.18. The molecule has 0 nitrogen and oxygen atoms in total. The first-order valence-corrected chi connectivity index (χ1v) is 4.57. The summed E-state index contributed by atoms with van der Waals surface area (Å²) in [5.74, 6) is 0.905. The Bertz CT molecular complexity index is 118. The quantitative estimate of drug-likeness (QED) is 0.523. The van der Waals surface area contributed by atoms with E-state index in [4.69, 9.17) is 0 Å². The largest absolute Gasteiger partial charge is 0.0850 e. The van der Waals surface area contributed by atoms with Crippen LogP contribution in [0.4, 0.5) is 0 Å². The van der Waals surface area contributed by atoms with E-state index in [9.17, 15) is 0 Å². The van der Waals surface area contributed by atoms with Crippen LogP contribution < -0.4 is 0 Å². The van der Waals surface area contributed by atoms with Gasteiger partial charge < -0.3 is 0 Å². The maximum atomic E-state index is 2.46. The SMILES string of the molecule is CCC(CC)C1=CCCC1. The van der Waals surface area contributed by atoms with Crippen molar-refractivity contribution in [3.8, 4) is 0 Å². The fourth-order valence-electron chi connectivity index (χ4n) is 1.88.